The fourth-order valence-corrected chi connectivity index (χ4v) is 4.94. The number of likely N-dealkylation sites (tertiary alicyclic amines) is 1. The highest BCUT2D eigenvalue weighted by Gasteiger charge is 2.34. The van der Waals surface area contributed by atoms with Crippen molar-refractivity contribution in [3.63, 3.8) is 0 Å². The van der Waals surface area contributed by atoms with Gasteiger partial charge in [-0.05, 0) is 55.3 Å². The van der Waals surface area contributed by atoms with E-state index in [1.807, 2.05) is 0 Å². The van der Waals surface area contributed by atoms with Gasteiger partial charge in [0.05, 0.1) is 24.7 Å². The summed E-state index contributed by atoms with van der Waals surface area (Å²) in [7, 11) is 0. The zero-order valence-electron chi connectivity index (χ0n) is 19.0. The first-order chi connectivity index (χ1) is 16.7. The van der Waals surface area contributed by atoms with E-state index in [4.69, 9.17) is 14.5 Å². The van der Waals surface area contributed by atoms with Crippen molar-refractivity contribution in [2.45, 2.75) is 35.7 Å². The number of rotatable bonds is 6. The summed E-state index contributed by atoms with van der Waals surface area (Å²) in [5, 5.41) is 0. The van der Waals surface area contributed by atoms with Crippen LogP contribution in [0.3, 0.4) is 0 Å². The maximum atomic E-state index is 13.8. The van der Waals surface area contributed by atoms with Crippen molar-refractivity contribution in [1.82, 2.24) is 4.90 Å². The minimum absolute atomic E-state index is 0.0609. The van der Waals surface area contributed by atoms with Crippen molar-refractivity contribution in [1.29, 1.82) is 0 Å². The Morgan fingerprint density at radius 1 is 1.23 bits per heavy atom. The Labute approximate surface area is 205 Å². The average Bonchev–Trinajstić information content (AvgIpc) is 3.33. The number of hydrogen-bond donors (Lipinski definition) is 0. The predicted molar refractivity (Wildman–Crippen MR) is 123 cm³/mol. The molecule has 2 aromatic carbocycles. The van der Waals surface area contributed by atoms with E-state index in [2.05, 4.69) is 0 Å². The average molecular weight is 508 g/mol. The lowest BCUT2D eigenvalue weighted by Gasteiger charge is -2.17. The van der Waals surface area contributed by atoms with Crippen LogP contribution in [0.1, 0.15) is 30.0 Å². The number of amides is 1. The van der Waals surface area contributed by atoms with Crippen LogP contribution in [-0.2, 0) is 31.8 Å². The zero-order chi connectivity index (χ0) is 25.0. The maximum absolute atomic E-state index is 13.8. The Morgan fingerprint density at radius 2 is 2.06 bits per heavy atom. The number of alkyl halides is 3. The van der Waals surface area contributed by atoms with E-state index in [1.54, 1.807) is 31.2 Å². The molecule has 6 nitrogen and oxygen atoms in total. The van der Waals surface area contributed by atoms with Crippen LogP contribution in [0.2, 0.25) is 0 Å². The highest BCUT2D eigenvalue weighted by Crippen LogP contribution is 2.41. The topological polar surface area (TPSA) is 65.1 Å². The lowest BCUT2D eigenvalue weighted by atomic mass is 10.1. The molecule has 0 saturated carbocycles. The van der Waals surface area contributed by atoms with Gasteiger partial charge in [0.2, 0.25) is 5.91 Å². The van der Waals surface area contributed by atoms with Crippen molar-refractivity contribution in [2.75, 3.05) is 26.3 Å². The molecule has 1 fully saturated rings. The second-order valence-electron chi connectivity index (χ2n) is 8.14. The van der Waals surface area contributed by atoms with E-state index in [-0.39, 0.29) is 41.4 Å². The molecule has 1 atom stereocenters. The molecule has 2 heterocycles. The van der Waals surface area contributed by atoms with E-state index < -0.39 is 11.7 Å². The lowest BCUT2D eigenvalue weighted by Crippen LogP contribution is -2.28. The van der Waals surface area contributed by atoms with Crippen LogP contribution in [0.5, 0.6) is 5.75 Å². The smallest absolute Gasteiger partial charge is 0.417 e. The minimum atomic E-state index is -4.57. The molecule has 10 heteroatoms. The number of benzene rings is 2. The van der Waals surface area contributed by atoms with E-state index in [1.165, 1.54) is 23.1 Å². The number of fused-ring (bicyclic) bond motifs is 1. The van der Waals surface area contributed by atoms with Gasteiger partial charge >= 0.3 is 12.1 Å². The number of halogens is 3. The van der Waals surface area contributed by atoms with E-state index in [0.29, 0.717) is 36.6 Å². The highest BCUT2D eigenvalue weighted by molar-refractivity contribution is 7.99. The first-order valence-corrected chi connectivity index (χ1v) is 12.0. The van der Waals surface area contributed by atoms with Gasteiger partial charge in [-0.2, -0.15) is 18.1 Å². The Balaban J connectivity index is 1.47. The molecular weight excluding hydrogens is 483 g/mol. The Hall–Kier alpha value is -2.98. The van der Waals surface area contributed by atoms with Crippen LogP contribution in [0.25, 0.3) is 6.08 Å². The second kappa shape index (κ2) is 10.7. The molecule has 186 valence electrons. The van der Waals surface area contributed by atoms with Gasteiger partial charge in [-0.25, -0.2) is 0 Å². The molecule has 0 spiro atoms. The Kier molecular flexibility index (Phi) is 7.71. The summed E-state index contributed by atoms with van der Waals surface area (Å²) in [6.45, 7) is 3.01. The fraction of sp³-hybridized carbons (Fsp3) is 0.360. The lowest BCUT2D eigenvalue weighted by molar-refractivity contribution is -0.215. The van der Waals surface area contributed by atoms with Crippen LogP contribution in [0.4, 0.5) is 13.2 Å². The van der Waals surface area contributed by atoms with E-state index >= 15 is 0 Å². The zero-order valence-corrected chi connectivity index (χ0v) is 19.8. The summed E-state index contributed by atoms with van der Waals surface area (Å²) < 4.78 is 46.5. The van der Waals surface area contributed by atoms with E-state index in [9.17, 15) is 22.8 Å². The summed E-state index contributed by atoms with van der Waals surface area (Å²) in [6.07, 6.45) is -0.847. The quantitative estimate of drug-likeness (QED) is 0.306. The fourth-order valence-electron chi connectivity index (χ4n) is 3.93. The molecule has 0 aromatic heterocycles. The van der Waals surface area contributed by atoms with Crippen molar-refractivity contribution in [3.8, 4) is 5.75 Å². The normalized spacial score (nSPS) is 17.8. The third-order valence-electron chi connectivity index (χ3n) is 5.71. The largest absolute Gasteiger partial charge is 0.466 e. The molecule has 2 aliphatic rings. The van der Waals surface area contributed by atoms with Gasteiger partial charge < -0.3 is 14.5 Å². The Bertz CT molecular complexity index is 1130. The summed E-state index contributed by atoms with van der Waals surface area (Å²) in [4.78, 5) is 36.6. The number of carbonyl (C=O) groups is 2. The van der Waals surface area contributed by atoms with Crippen molar-refractivity contribution in [2.24, 2.45) is 5.92 Å². The first-order valence-electron chi connectivity index (χ1n) is 11.2. The van der Waals surface area contributed by atoms with E-state index in [0.717, 1.165) is 23.4 Å². The van der Waals surface area contributed by atoms with Crippen molar-refractivity contribution in [3.05, 3.63) is 59.2 Å². The number of nitrogens with zero attached hydrogens (tertiary/aromatic N) is 1. The summed E-state index contributed by atoms with van der Waals surface area (Å²) >= 11 is 1.01. The van der Waals surface area contributed by atoms with Crippen LogP contribution in [0, 0.1) is 5.92 Å². The standard InChI is InChI=1S/C25H24F3NO5S/c1-2-32-24(31)18-9-11-29(15-18)23(30)8-4-16-3-7-22(20(13-16)25(26,27)28)35-19-5-6-21-17(14-19)10-12-33-34-21/h3-8,13-14,18H,2,9-12,15H2,1H3. The van der Waals surface area contributed by atoms with Crippen LogP contribution < -0.4 is 4.89 Å². The summed E-state index contributed by atoms with van der Waals surface area (Å²) in [5.74, 6) is -0.505. The monoisotopic (exact) mass is 507 g/mol. The number of carbonyl (C=O) groups excluding carboxylic acids is 2. The summed E-state index contributed by atoms with van der Waals surface area (Å²) in [5.41, 5.74) is 0.352. The molecule has 0 radical (unpaired) electrons. The van der Waals surface area contributed by atoms with Crippen molar-refractivity contribution >= 4 is 29.7 Å². The molecule has 1 unspecified atom stereocenters. The van der Waals surface area contributed by atoms with Gasteiger partial charge in [-0.3, -0.25) is 9.59 Å². The molecule has 2 aliphatic heterocycles. The maximum Gasteiger partial charge on any atom is 0.417 e. The van der Waals surface area contributed by atoms with Crippen LogP contribution in [0.15, 0.2) is 52.3 Å². The van der Waals surface area contributed by atoms with Gasteiger partial charge in [-0.1, -0.05) is 17.8 Å². The molecule has 0 N–H and O–H groups in total. The minimum Gasteiger partial charge on any atom is -0.466 e. The molecule has 0 bridgehead atoms. The summed E-state index contributed by atoms with van der Waals surface area (Å²) in [6, 6.07) is 9.15. The van der Waals surface area contributed by atoms with Crippen molar-refractivity contribution < 1.29 is 37.3 Å². The van der Waals surface area contributed by atoms with Gasteiger partial charge in [0.1, 0.15) is 0 Å². The number of hydrogen-bond acceptors (Lipinski definition) is 6. The number of ether oxygens (including phenoxy) is 1. The molecule has 1 amide bonds. The SMILES string of the molecule is CCOC(=O)C1CCN(C(=O)C=Cc2ccc(Sc3ccc4c(c3)CCOO4)c(C(F)(F)F)c2)C1. The molecule has 4 rings (SSSR count). The number of esters is 1. The van der Waals surface area contributed by atoms with Crippen LogP contribution in [-0.4, -0.2) is 43.1 Å². The first kappa shape index (κ1) is 25.1. The molecule has 2 aromatic rings. The Morgan fingerprint density at radius 3 is 2.83 bits per heavy atom. The molecule has 0 aliphatic carbocycles. The van der Waals surface area contributed by atoms with Gasteiger partial charge in [0.25, 0.3) is 0 Å². The molecule has 35 heavy (non-hydrogen) atoms. The van der Waals surface area contributed by atoms with Gasteiger partial charge in [-0.15, -0.1) is 0 Å². The van der Waals surface area contributed by atoms with Crippen LogP contribution >= 0.6 is 11.8 Å². The van der Waals surface area contributed by atoms with Gasteiger partial charge in [0.15, 0.2) is 5.75 Å². The predicted octanol–water partition coefficient (Wildman–Crippen LogP) is 5.15. The third-order valence-corrected chi connectivity index (χ3v) is 6.78. The van der Waals surface area contributed by atoms with Gasteiger partial charge in [0, 0.05) is 40.9 Å². The molecular formula is C25H24F3NO5S. The highest BCUT2D eigenvalue weighted by atomic mass is 32.2. The second-order valence-corrected chi connectivity index (χ2v) is 9.25. The molecule has 1 saturated heterocycles. The third kappa shape index (κ3) is 6.18.